The molecule has 0 aliphatic carbocycles. The molecule has 0 amide bonds. The average molecular weight is 179 g/mol. The van der Waals surface area contributed by atoms with E-state index < -0.39 is 14.1 Å². The second-order valence-electron chi connectivity index (χ2n) is 3.58. The Balaban J connectivity index is 3.87. The van der Waals surface area contributed by atoms with E-state index in [9.17, 15) is 9.67 Å². The van der Waals surface area contributed by atoms with Gasteiger partial charge in [-0.05, 0) is 9.98 Å². The van der Waals surface area contributed by atoms with Gasteiger partial charge >= 0.3 is 8.03 Å². The van der Waals surface area contributed by atoms with E-state index in [2.05, 4.69) is 4.52 Å². The molecule has 0 saturated carbocycles. The summed E-state index contributed by atoms with van der Waals surface area (Å²) in [5.41, 5.74) is -0.219. The van der Waals surface area contributed by atoms with Crippen LogP contribution in [0.15, 0.2) is 0 Å². The van der Waals surface area contributed by atoms with Gasteiger partial charge < -0.3 is 5.11 Å². The lowest BCUT2D eigenvalue weighted by Gasteiger charge is -2.21. The molecule has 0 aromatic carbocycles. The van der Waals surface area contributed by atoms with Crippen LogP contribution in [0.3, 0.4) is 0 Å². The molecule has 0 fully saturated rings. The summed E-state index contributed by atoms with van der Waals surface area (Å²) in [5.74, 6) is 0. The molecule has 1 unspecified atom stereocenters. The van der Waals surface area contributed by atoms with Crippen LogP contribution in [0.2, 0.25) is 0 Å². The molecular weight excluding hydrogens is 163 g/mol. The van der Waals surface area contributed by atoms with Gasteiger partial charge in [-0.2, -0.15) is 0 Å². The lowest BCUT2D eigenvalue weighted by molar-refractivity contribution is 0.0811. The zero-order chi connectivity index (χ0) is 9.07. The maximum absolute atomic E-state index is 10.8. The van der Waals surface area contributed by atoms with Gasteiger partial charge in [0.15, 0.2) is 0 Å². The first-order chi connectivity index (χ1) is 4.88. The summed E-state index contributed by atoms with van der Waals surface area (Å²) in [4.78, 5) is 0. The Bertz CT molecular complexity index is 139. The fraction of sp³-hybridized carbons (Fsp3) is 1.00. The van der Waals surface area contributed by atoms with Crippen molar-refractivity contribution in [1.82, 2.24) is 0 Å². The molecule has 0 rings (SSSR count). The minimum absolute atomic E-state index is 0.218. The van der Waals surface area contributed by atoms with Gasteiger partial charge in [-0.15, -0.1) is 4.52 Å². The van der Waals surface area contributed by atoms with Crippen LogP contribution < -0.4 is 0 Å². The number of hydrogen-bond acceptors (Lipinski definition) is 3. The summed E-state index contributed by atoms with van der Waals surface area (Å²) in [6.07, 6.45) is -0.346. The van der Waals surface area contributed by atoms with E-state index in [0.29, 0.717) is 0 Å². The Kier molecular flexibility index (Phi) is 4.16. The molecule has 11 heavy (non-hydrogen) atoms. The van der Waals surface area contributed by atoms with Crippen LogP contribution in [0.1, 0.15) is 20.8 Å². The van der Waals surface area contributed by atoms with Gasteiger partial charge in [-0.3, -0.25) is 0 Å². The normalized spacial score (nSPS) is 16.3. The quantitative estimate of drug-likeness (QED) is 0.672. The van der Waals surface area contributed by atoms with Crippen LogP contribution in [-0.2, 0) is 9.09 Å². The average Bonchev–Trinajstić information content (AvgIpc) is 1.85. The minimum Gasteiger partial charge on any atom is -0.388 e. The molecule has 0 radical (unpaired) electrons. The summed E-state index contributed by atoms with van der Waals surface area (Å²) >= 11 is 0. The third kappa shape index (κ3) is 4.46. The molecule has 1 N–H and O–H groups in total. The molecule has 0 aromatic heterocycles. The zero-order valence-electron chi connectivity index (χ0n) is 7.50. The molecule has 0 aliphatic heterocycles. The summed E-state index contributed by atoms with van der Waals surface area (Å²) in [6.45, 7) is 5.70. The standard InChI is InChI=1S/C7H16O3P/c1-7(2,3)6(8)5-11(9)10-4/h6,8H,5H2,1-4H3/q+1/t6-/m1/s1. The number of hydrogen-bond donors (Lipinski definition) is 1. The van der Waals surface area contributed by atoms with Gasteiger partial charge in [0.2, 0.25) is 6.16 Å². The smallest absolute Gasteiger partial charge is 0.388 e. The molecule has 0 heterocycles. The topological polar surface area (TPSA) is 46.5 Å². The minimum atomic E-state index is -1.68. The summed E-state index contributed by atoms with van der Waals surface area (Å²) in [6, 6.07) is 0. The zero-order valence-corrected chi connectivity index (χ0v) is 8.39. The first-order valence-corrected chi connectivity index (χ1v) is 4.91. The highest BCUT2D eigenvalue weighted by Gasteiger charge is 2.31. The van der Waals surface area contributed by atoms with E-state index in [1.807, 2.05) is 20.8 Å². The maximum atomic E-state index is 10.8. The second kappa shape index (κ2) is 4.15. The summed E-state index contributed by atoms with van der Waals surface area (Å²) in [7, 11) is -0.299. The first kappa shape index (κ1) is 11.0. The fourth-order valence-electron chi connectivity index (χ4n) is 0.490. The fourth-order valence-corrected chi connectivity index (χ4v) is 1.47. The highest BCUT2D eigenvalue weighted by Crippen LogP contribution is 2.29. The van der Waals surface area contributed by atoms with Crippen LogP contribution in [0, 0.1) is 5.41 Å². The highest BCUT2D eigenvalue weighted by atomic mass is 31.1. The molecule has 0 saturated heterocycles. The Labute approximate surface area is 68.6 Å². The van der Waals surface area contributed by atoms with Crippen molar-refractivity contribution in [3.8, 4) is 0 Å². The molecular formula is C7H16O3P+. The van der Waals surface area contributed by atoms with Gasteiger partial charge in [-0.1, -0.05) is 20.8 Å². The molecule has 0 bridgehead atoms. The van der Waals surface area contributed by atoms with Crippen molar-refractivity contribution in [2.24, 2.45) is 5.41 Å². The van der Waals surface area contributed by atoms with Gasteiger partial charge in [-0.25, -0.2) is 0 Å². The van der Waals surface area contributed by atoms with E-state index in [1.165, 1.54) is 7.11 Å². The van der Waals surface area contributed by atoms with Gasteiger partial charge in [0.25, 0.3) is 0 Å². The van der Waals surface area contributed by atoms with E-state index in [0.717, 1.165) is 0 Å². The van der Waals surface area contributed by atoms with Crippen LogP contribution in [0.5, 0.6) is 0 Å². The third-order valence-corrected chi connectivity index (χ3v) is 2.58. The number of aliphatic hydroxyl groups is 1. The highest BCUT2D eigenvalue weighted by molar-refractivity contribution is 7.39. The predicted molar refractivity (Wildman–Crippen MR) is 44.9 cm³/mol. The lowest BCUT2D eigenvalue weighted by Crippen LogP contribution is -2.28. The van der Waals surface area contributed by atoms with E-state index in [4.69, 9.17) is 0 Å². The van der Waals surface area contributed by atoms with Gasteiger partial charge in [0, 0.05) is 0 Å². The van der Waals surface area contributed by atoms with Crippen molar-refractivity contribution in [1.29, 1.82) is 0 Å². The Morgan fingerprint density at radius 3 is 2.27 bits per heavy atom. The lowest BCUT2D eigenvalue weighted by atomic mass is 9.90. The van der Waals surface area contributed by atoms with Crippen molar-refractivity contribution >= 4 is 8.03 Å². The largest absolute Gasteiger partial charge is 0.510 e. The molecule has 2 atom stereocenters. The van der Waals surface area contributed by atoms with E-state index >= 15 is 0 Å². The summed E-state index contributed by atoms with van der Waals surface area (Å²) < 4.78 is 15.4. The van der Waals surface area contributed by atoms with Gasteiger partial charge in [0.05, 0.1) is 7.11 Å². The van der Waals surface area contributed by atoms with Crippen molar-refractivity contribution < 1.29 is 14.2 Å². The summed E-state index contributed by atoms with van der Waals surface area (Å²) in [5, 5.41) is 9.42. The predicted octanol–water partition coefficient (Wildman–Crippen LogP) is 1.78. The monoisotopic (exact) mass is 179 g/mol. The SMILES string of the molecule is CO[P+](=O)C[C@@H](O)C(C)(C)C. The van der Waals surface area contributed by atoms with Crippen molar-refractivity contribution in [2.45, 2.75) is 26.9 Å². The number of rotatable bonds is 3. The molecule has 3 nitrogen and oxygen atoms in total. The maximum Gasteiger partial charge on any atom is 0.510 e. The molecule has 0 aliphatic rings. The van der Waals surface area contributed by atoms with Crippen LogP contribution in [0.4, 0.5) is 0 Å². The Morgan fingerprint density at radius 2 is 2.00 bits per heavy atom. The first-order valence-electron chi connectivity index (χ1n) is 3.54. The van der Waals surface area contributed by atoms with Crippen LogP contribution in [0.25, 0.3) is 0 Å². The second-order valence-corrected chi connectivity index (χ2v) is 4.98. The van der Waals surface area contributed by atoms with Crippen molar-refractivity contribution in [3.05, 3.63) is 0 Å². The van der Waals surface area contributed by atoms with Crippen molar-refractivity contribution in [2.75, 3.05) is 13.3 Å². The Morgan fingerprint density at radius 1 is 1.55 bits per heavy atom. The number of aliphatic hydroxyl groups excluding tert-OH is 1. The molecule has 0 aromatic rings. The third-order valence-electron chi connectivity index (χ3n) is 1.53. The molecule has 66 valence electrons. The van der Waals surface area contributed by atoms with Gasteiger partial charge in [0.1, 0.15) is 6.10 Å². The van der Waals surface area contributed by atoms with E-state index in [-0.39, 0.29) is 11.6 Å². The molecule has 0 spiro atoms. The molecule has 4 heteroatoms. The van der Waals surface area contributed by atoms with Crippen LogP contribution in [-0.4, -0.2) is 24.5 Å². The van der Waals surface area contributed by atoms with E-state index in [1.54, 1.807) is 0 Å². The Hall–Kier alpha value is 0.0200. The van der Waals surface area contributed by atoms with Crippen LogP contribution >= 0.6 is 8.03 Å². The van der Waals surface area contributed by atoms with Crippen molar-refractivity contribution in [3.63, 3.8) is 0 Å².